The molecule has 0 saturated heterocycles. The average molecular weight is 325 g/mol. The molecular weight excluding hydrogens is 306 g/mol. The van der Waals surface area contributed by atoms with Gasteiger partial charge < -0.3 is 15.2 Å². The van der Waals surface area contributed by atoms with Crippen molar-refractivity contribution in [1.82, 2.24) is 5.32 Å². The summed E-state index contributed by atoms with van der Waals surface area (Å²) in [6, 6.07) is 16.7. The van der Waals surface area contributed by atoms with Crippen molar-refractivity contribution in [2.45, 2.75) is 19.4 Å². The van der Waals surface area contributed by atoms with Crippen LogP contribution in [0, 0.1) is 5.41 Å². The van der Waals surface area contributed by atoms with Gasteiger partial charge >= 0.3 is 5.97 Å². The van der Waals surface area contributed by atoms with E-state index in [-0.39, 0.29) is 12.5 Å². The van der Waals surface area contributed by atoms with E-state index in [4.69, 9.17) is 9.84 Å². The maximum atomic E-state index is 12.1. The molecule has 0 aromatic heterocycles. The number of hydrogen-bond donors (Lipinski definition) is 2. The average Bonchev–Trinajstić information content (AvgIpc) is 3.41. The second-order valence-electron chi connectivity index (χ2n) is 6.07. The third-order valence-electron chi connectivity index (χ3n) is 4.26. The summed E-state index contributed by atoms with van der Waals surface area (Å²) in [4.78, 5) is 23.2. The predicted molar refractivity (Wildman–Crippen MR) is 88.9 cm³/mol. The Balaban J connectivity index is 1.52. The van der Waals surface area contributed by atoms with Gasteiger partial charge in [0.1, 0.15) is 12.4 Å². The fraction of sp³-hybridized carbons (Fsp3) is 0.263. The van der Waals surface area contributed by atoms with Gasteiger partial charge in [-0.3, -0.25) is 9.59 Å². The number of ether oxygens (including phenoxy) is 1. The van der Waals surface area contributed by atoms with E-state index in [1.807, 2.05) is 30.3 Å². The van der Waals surface area contributed by atoms with Gasteiger partial charge in [0.25, 0.3) is 5.91 Å². The quantitative estimate of drug-likeness (QED) is 0.821. The second kappa shape index (κ2) is 6.74. The summed E-state index contributed by atoms with van der Waals surface area (Å²) in [5.74, 6) is -0.427. The van der Waals surface area contributed by atoms with E-state index >= 15 is 0 Å². The first-order valence-corrected chi connectivity index (χ1v) is 7.87. The van der Waals surface area contributed by atoms with Gasteiger partial charge in [0.2, 0.25) is 0 Å². The van der Waals surface area contributed by atoms with E-state index in [0.717, 1.165) is 5.56 Å². The summed E-state index contributed by atoms with van der Waals surface area (Å²) < 4.78 is 5.67. The number of aliphatic carboxylic acids is 1. The second-order valence-corrected chi connectivity index (χ2v) is 6.07. The Morgan fingerprint density at radius 3 is 2.29 bits per heavy atom. The molecule has 0 aliphatic heterocycles. The Kier molecular flexibility index (Phi) is 4.51. The lowest BCUT2D eigenvalue weighted by atomic mass is 10.1. The molecule has 5 heteroatoms. The van der Waals surface area contributed by atoms with Crippen LogP contribution in [0.5, 0.6) is 5.75 Å². The van der Waals surface area contributed by atoms with Crippen molar-refractivity contribution in [3.63, 3.8) is 0 Å². The molecule has 1 amide bonds. The predicted octanol–water partition coefficient (Wildman–Crippen LogP) is 2.86. The van der Waals surface area contributed by atoms with Crippen LogP contribution < -0.4 is 10.1 Å². The number of carbonyl (C=O) groups is 2. The fourth-order valence-corrected chi connectivity index (χ4v) is 2.41. The topological polar surface area (TPSA) is 75.6 Å². The third kappa shape index (κ3) is 3.74. The molecule has 5 nitrogen and oxygen atoms in total. The first kappa shape index (κ1) is 16.1. The lowest BCUT2D eigenvalue weighted by Crippen LogP contribution is -2.34. The molecular formula is C19H19NO4. The van der Waals surface area contributed by atoms with E-state index < -0.39 is 11.4 Å². The van der Waals surface area contributed by atoms with E-state index in [1.54, 1.807) is 24.3 Å². The normalized spacial score (nSPS) is 14.7. The highest BCUT2D eigenvalue weighted by molar-refractivity contribution is 5.94. The maximum Gasteiger partial charge on any atom is 0.311 e. The molecule has 2 N–H and O–H groups in total. The number of carboxylic acids is 1. The standard InChI is InChI=1S/C19H19NO4/c21-17(20-13-19(10-11-19)18(22)23)15-6-8-16(9-7-15)24-12-14-4-2-1-3-5-14/h1-9H,10-13H2,(H,20,21)(H,22,23). The molecule has 0 atom stereocenters. The number of nitrogens with one attached hydrogen (secondary N) is 1. The summed E-state index contributed by atoms with van der Waals surface area (Å²) >= 11 is 0. The molecule has 1 saturated carbocycles. The highest BCUT2D eigenvalue weighted by atomic mass is 16.5. The smallest absolute Gasteiger partial charge is 0.311 e. The molecule has 2 aromatic carbocycles. The van der Waals surface area contributed by atoms with Gasteiger partial charge in [-0.15, -0.1) is 0 Å². The molecule has 124 valence electrons. The molecule has 0 heterocycles. The van der Waals surface area contributed by atoms with Crippen LogP contribution in [0.2, 0.25) is 0 Å². The zero-order valence-corrected chi connectivity index (χ0v) is 13.2. The Labute approximate surface area is 140 Å². The van der Waals surface area contributed by atoms with Crippen LogP contribution in [0.15, 0.2) is 54.6 Å². The molecule has 1 aliphatic carbocycles. The zero-order valence-electron chi connectivity index (χ0n) is 13.2. The van der Waals surface area contributed by atoms with Gasteiger partial charge in [0, 0.05) is 12.1 Å². The summed E-state index contributed by atoms with van der Waals surface area (Å²) in [6.45, 7) is 0.640. The zero-order chi connectivity index (χ0) is 17.0. The largest absolute Gasteiger partial charge is 0.489 e. The number of rotatable bonds is 7. The molecule has 1 aliphatic rings. The maximum absolute atomic E-state index is 12.1. The SMILES string of the molecule is O=C(NCC1(C(=O)O)CC1)c1ccc(OCc2ccccc2)cc1. The molecule has 0 spiro atoms. The Bertz CT molecular complexity index is 721. The van der Waals surface area contributed by atoms with Gasteiger partial charge in [0.15, 0.2) is 0 Å². The Hall–Kier alpha value is -2.82. The van der Waals surface area contributed by atoms with Crippen molar-refractivity contribution in [1.29, 1.82) is 0 Å². The van der Waals surface area contributed by atoms with E-state index in [9.17, 15) is 9.59 Å². The Morgan fingerprint density at radius 1 is 1.04 bits per heavy atom. The van der Waals surface area contributed by atoms with Crippen LogP contribution in [0.25, 0.3) is 0 Å². The Morgan fingerprint density at radius 2 is 1.71 bits per heavy atom. The van der Waals surface area contributed by atoms with E-state index in [2.05, 4.69) is 5.32 Å². The lowest BCUT2D eigenvalue weighted by Gasteiger charge is -2.11. The van der Waals surface area contributed by atoms with Crippen LogP contribution in [0.3, 0.4) is 0 Å². The summed E-state index contributed by atoms with van der Waals surface area (Å²) in [5.41, 5.74) is 0.806. The van der Waals surface area contributed by atoms with Crippen LogP contribution in [-0.4, -0.2) is 23.5 Å². The number of benzene rings is 2. The highest BCUT2D eigenvalue weighted by Crippen LogP contribution is 2.45. The van der Waals surface area contributed by atoms with Gasteiger partial charge in [0.05, 0.1) is 5.41 Å². The first-order chi connectivity index (χ1) is 11.6. The van der Waals surface area contributed by atoms with Gasteiger partial charge in [-0.05, 0) is 42.7 Å². The van der Waals surface area contributed by atoms with E-state index in [1.165, 1.54) is 0 Å². The van der Waals surface area contributed by atoms with Crippen molar-refractivity contribution in [3.05, 3.63) is 65.7 Å². The number of carbonyl (C=O) groups excluding carboxylic acids is 1. The minimum Gasteiger partial charge on any atom is -0.489 e. The van der Waals surface area contributed by atoms with Crippen LogP contribution >= 0.6 is 0 Å². The van der Waals surface area contributed by atoms with Crippen molar-refractivity contribution >= 4 is 11.9 Å². The van der Waals surface area contributed by atoms with Crippen molar-refractivity contribution < 1.29 is 19.4 Å². The van der Waals surface area contributed by atoms with Gasteiger partial charge in [-0.2, -0.15) is 0 Å². The van der Waals surface area contributed by atoms with Crippen LogP contribution in [0.4, 0.5) is 0 Å². The molecule has 24 heavy (non-hydrogen) atoms. The van der Waals surface area contributed by atoms with Crippen LogP contribution in [0.1, 0.15) is 28.8 Å². The van der Waals surface area contributed by atoms with E-state index in [0.29, 0.717) is 30.8 Å². The lowest BCUT2D eigenvalue weighted by molar-refractivity contribution is -0.143. The van der Waals surface area contributed by atoms with Crippen LogP contribution in [-0.2, 0) is 11.4 Å². The minimum atomic E-state index is -0.840. The van der Waals surface area contributed by atoms with Crippen molar-refractivity contribution in [2.24, 2.45) is 5.41 Å². The molecule has 0 unspecified atom stereocenters. The fourth-order valence-electron chi connectivity index (χ4n) is 2.41. The molecule has 1 fully saturated rings. The molecule has 2 aromatic rings. The summed E-state index contributed by atoms with van der Waals surface area (Å²) in [7, 11) is 0. The third-order valence-corrected chi connectivity index (χ3v) is 4.26. The van der Waals surface area contributed by atoms with Gasteiger partial charge in [-0.1, -0.05) is 30.3 Å². The number of amides is 1. The van der Waals surface area contributed by atoms with Gasteiger partial charge in [-0.25, -0.2) is 0 Å². The number of hydrogen-bond acceptors (Lipinski definition) is 3. The summed E-state index contributed by atoms with van der Waals surface area (Å²) in [6.07, 6.45) is 1.24. The molecule has 0 bridgehead atoms. The molecule has 3 rings (SSSR count). The highest BCUT2D eigenvalue weighted by Gasteiger charge is 2.50. The van der Waals surface area contributed by atoms with Crippen molar-refractivity contribution in [2.75, 3.05) is 6.54 Å². The number of carboxylic acid groups (broad SMARTS) is 1. The van der Waals surface area contributed by atoms with Crippen molar-refractivity contribution in [3.8, 4) is 5.75 Å². The molecule has 0 radical (unpaired) electrons. The monoisotopic (exact) mass is 325 g/mol. The minimum absolute atomic E-state index is 0.174. The first-order valence-electron chi connectivity index (χ1n) is 7.87. The summed E-state index contributed by atoms with van der Waals surface area (Å²) in [5, 5.41) is 11.8.